The van der Waals surface area contributed by atoms with Crippen LogP contribution in [0.5, 0.6) is 11.5 Å². The standard InChI is InChI=1S/C17H16N2O5/c1-23-15-7-12-11(10-5-3-4-6-14(10)19(21)22)8-17(20)18-13(12)9-16(15)24-2/h3-7,9,11H,8H2,1-2H3,(H,18,20)/t11-/m0/s1. The van der Waals surface area contributed by atoms with E-state index < -0.39 is 10.8 Å². The van der Waals surface area contributed by atoms with Crippen LogP contribution in [0.2, 0.25) is 0 Å². The van der Waals surface area contributed by atoms with Gasteiger partial charge in [0, 0.05) is 35.7 Å². The Bertz CT molecular complexity index is 819. The molecule has 1 N–H and O–H groups in total. The normalized spacial score (nSPS) is 16.1. The zero-order chi connectivity index (χ0) is 17.3. The number of nitrogens with one attached hydrogen (secondary N) is 1. The third-order valence-corrected chi connectivity index (χ3v) is 4.10. The van der Waals surface area contributed by atoms with Gasteiger partial charge in [0.2, 0.25) is 5.91 Å². The Labute approximate surface area is 138 Å². The minimum Gasteiger partial charge on any atom is -0.493 e. The summed E-state index contributed by atoms with van der Waals surface area (Å²) in [6.07, 6.45) is 0.132. The Hall–Kier alpha value is -3.09. The van der Waals surface area contributed by atoms with E-state index >= 15 is 0 Å². The molecule has 124 valence electrons. The predicted molar refractivity (Wildman–Crippen MR) is 87.7 cm³/mol. The van der Waals surface area contributed by atoms with Gasteiger partial charge in [-0.15, -0.1) is 0 Å². The minimum atomic E-state index is -0.428. The molecule has 0 spiro atoms. The lowest BCUT2D eigenvalue weighted by atomic mass is 9.83. The maximum Gasteiger partial charge on any atom is 0.273 e. The van der Waals surface area contributed by atoms with E-state index in [1.165, 1.54) is 20.3 Å². The molecule has 0 saturated carbocycles. The van der Waals surface area contributed by atoms with Gasteiger partial charge in [0.1, 0.15) is 0 Å². The number of carbonyl (C=O) groups excluding carboxylic acids is 1. The van der Waals surface area contributed by atoms with E-state index in [9.17, 15) is 14.9 Å². The SMILES string of the molecule is COc1cc2c(cc1OC)[C@H](c1ccccc1[N+](=O)[O-])CC(=O)N2. The van der Waals surface area contributed by atoms with E-state index in [0.717, 1.165) is 5.56 Å². The fourth-order valence-electron chi connectivity index (χ4n) is 3.01. The Kier molecular flexibility index (Phi) is 4.07. The highest BCUT2D eigenvalue weighted by atomic mass is 16.6. The number of benzene rings is 2. The summed E-state index contributed by atoms with van der Waals surface area (Å²) in [6.45, 7) is 0. The summed E-state index contributed by atoms with van der Waals surface area (Å²) in [4.78, 5) is 23.0. The van der Waals surface area contributed by atoms with Crippen LogP contribution >= 0.6 is 0 Å². The molecule has 7 nitrogen and oxygen atoms in total. The summed E-state index contributed by atoms with van der Waals surface area (Å²) < 4.78 is 10.6. The fraction of sp³-hybridized carbons (Fsp3) is 0.235. The number of nitrogens with zero attached hydrogens (tertiary/aromatic N) is 1. The molecule has 1 amide bonds. The van der Waals surface area contributed by atoms with Gasteiger partial charge in [0.15, 0.2) is 11.5 Å². The van der Waals surface area contributed by atoms with Gasteiger partial charge >= 0.3 is 0 Å². The summed E-state index contributed by atoms with van der Waals surface area (Å²) in [5, 5.41) is 14.1. The van der Waals surface area contributed by atoms with Crippen molar-refractivity contribution < 1.29 is 19.2 Å². The molecule has 7 heteroatoms. The molecule has 3 rings (SSSR count). The summed E-state index contributed by atoms with van der Waals surface area (Å²) in [7, 11) is 3.03. The van der Waals surface area contributed by atoms with Crippen molar-refractivity contribution >= 4 is 17.3 Å². The molecule has 1 aliphatic heterocycles. The molecule has 0 saturated heterocycles. The van der Waals surface area contributed by atoms with Gasteiger partial charge in [0.05, 0.1) is 19.1 Å². The number of carbonyl (C=O) groups is 1. The highest BCUT2D eigenvalue weighted by molar-refractivity contribution is 5.96. The third-order valence-electron chi connectivity index (χ3n) is 4.10. The summed E-state index contributed by atoms with van der Waals surface area (Å²) in [5.41, 5.74) is 1.84. The minimum absolute atomic E-state index is 0.00191. The quantitative estimate of drug-likeness (QED) is 0.688. The van der Waals surface area contributed by atoms with Gasteiger partial charge in [-0.25, -0.2) is 0 Å². The second kappa shape index (κ2) is 6.19. The van der Waals surface area contributed by atoms with Crippen LogP contribution in [0.15, 0.2) is 36.4 Å². The predicted octanol–water partition coefficient (Wildman–Crippen LogP) is 3.09. The van der Waals surface area contributed by atoms with Crippen LogP contribution < -0.4 is 14.8 Å². The molecule has 0 fully saturated rings. The molecule has 2 aromatic rings. The first kappa shape index (κ1) is 15.8. The van der Waals surface area contributed by atoms with Crippen molar-refractivity contribution in [1.29, 1.82) is 0 Å². The number of methoxy groups -OCH3 is 2. The average Bonchev–Trinajstić information content (AvgIpc) is 2.59. The van der Waals surface area contributed by atoms with Crippen LogP contribution in [-0.2, 0) is 4.79 Å². The monoisotopic (exact) mass is 328 g/mol. The molecule has 0 aromatic heterocycles. The summed E-state index contributed by atoms with van der Waals surface area (Å²) in [5.74, 6) is 0.378. The molecule has 1 atom stereocenters. The highest BCUT2D eigenvalue weighted by Crippen LogP contribution is 2.44. The van der Waals surface area contributed by atoms with Crippen molar-refractivity contribution in [3.8, 4) is 11.5 Å². The first-order chi connectivity index (χ1) is 11.5. The molecule has 0 aliphatic carbocycles. The molecule has 0 unspecified atom stereocenters. The van der Waals surface area contributed by atoms with Gasteiger partial charge in [-0.1, -0.05) is 18.2 Å². The van der Waals surface area contributed by atoms with Crippen LogP contribution in [0.1, 0.15) is 23.5 Å². The molecule has 0 radical (unpaired) electrons. The number of fused-ring (bicyclic) bond motifs is 1. The number of hydrogen-bond acceptors (Lipinski definition) is 5. The maximum absolute atomic E-state index is 12.1. The van der Waals surface area contributed by atoms with E-state index in [0.29, 0.717) is 22.7 Å². The number of ether oxygens (including phenoxy) is 2. The average molecular weight is 328 g/mol. The number of nitro benzene ring substituents is 1. The van der Waals surface area contributed by atoms with Crippen molar-refractivity contribution in [2.45, 2.75) is 12.3 Å². The van der Waals surface area contributed by atoms with E-state index in [2.05, 4.69) is 5.32 Å². The van der Waals surface area contributed by atoms with Crippen LogP contribution in [-0.4, -0.2) is 25.1 Å². The maximum atomic E-state index is 12.1. The Morgan fingerprint density at radius 2 is 1.79 bits per heavy atom. The lowest BCUT2D eigenvalue weighted by molar-refractivity contribution is -0.385. The number of para-hydroxylation sites is 1. The zero-order valence-corrected chi connectivity index (χ0v) is 13.2. The lowest BCUT2D eigenvalue weighted by Crippen LogP contribution is -2.24. The first-order valence-electron chi connectivity index (χ1n) is 7.34. The van der Waals surface area contributed by atoms with Crippen LogP contribution in [0, 0.1) is 10.1 Å². The number of amides is 1. The van der Waals surface area contributed by atoms with Gasteiger partial charge in [-0.3, -0.25) is 14.9 Å². The van der Waals surface area contributed by atoms with Crippen molar-refractivity contribution in [1.82, 2.24) is 0 Å². The Morgan fingerprint density at radius 1 is 1.12 bits per heavy atom. The van der Waals surface area contributed by atoms with Gasteiger partial charge < -0.3 is 14.8 Å². The molecule has 0 bridgehead atoms. The summed E-state index contributed by atoms with van der Waals surface area (Å²) in [6, 6.07) is 9.90. The van der Waals surface area contributed by atoms with E-state index in [-0.39, 0.29) is 18.0 Å². The molecule has 1 aliphatic rings. The van der Waals surface area contributed by atoms with Crippen LogP contribution in [0.3, 0.4) is 0 Å². The van der Waals surface area contributed by atoms with E-state index in [4.69, 9.17) is 9.47 Å². The summed E-state index contributed by atoms with van der Waals surface area (Å²) >= 11 is 0. The molecule has 1 heterocycles. The Balaban J connectivity index is 2.19. The smallest absolute Gasteiger partial charge is 0.273 e. The largest absolute Gasteiger partial charge is 0.493 e. The van der Waals surface area contributed by atoms with E-state index in [1.807, 2.05) is 0 Å². The van der Waals surface area contributed by atoms with Gasteiger partial charge in [-0.2, -0.15) is 0 Å². The van der Waals surface area contributed by atoms with Crippen molar-refractivity contribution in [3.63, 3.8) is 0 Å². The number of rotatable bonds is 4. The van der Waals surface area contributed by atoms with Crippen molar-refractivity contribution in [2.75, 3.05) is 19.5 Å². The zero-order valence-electron chi connectivity index (χ0n) is 13.2. The molecular formula is C17H16N2O5. The lowest BCUT2D eigenvalue weighted by Gasteiger charge is -2.27. The molecule has 24 heavy (non-hydrogen) atoms. The van der Waals surface area contributed by atoms with E-state index in [1.54, 1.807) is 30.3 Å². The Morgan fingerprint density at radius 3 is 2.46 bits per heavy atom. The second-order valence-electron chi connectivity index (χ2n) is 5.42. The van der Waals surface area contributed by atoms with Gasteiger partial charge in [-0.05, 0) is 11.6 Å². The first-order valence-corrected chi connectivity index (χ1v) is 7.34. The van der Waals surface area contributed by atoms with Gasteiger partial charge in [0.25, 0.3) is 5.69 Å². The third kappa shape index (κ3) is 2.64. The topological polar surface area (TPSA) is 90.7 Å². The number of hydrogen-bond donors (Lipinski definition) is 1. The second-order valence-corrected chi connectivity index (χ2v) is 5.42. The fourth-order valence-corrected chi connectivity index (χ4v) is 3.01. The number of anilines is 1. The molecular weight excluding hydrogens is 312 g/mol. The van der Waals surface area contributed by atoms with Crippen molar-refractivity contribution in [3.05, 3.63) is 57.6 Å². The molecule has 2 aromatic carbocycles. The van der Waals surface area contributed by atoms with Crippen molar-refractivity contribution in [2.24, 2.45) is 0 Å². The number of nitro groups is 1. The highest BCUT2D eigenvalue weighted by Gasteiger charge is 2.32. The van der Waals surface area contributed by atoms with Crippen LogP contribution in [0.25, 0.3) is 0 Å². The van der Waals surface area contributed by atoms with Crippen LogP contribution in [0.4, 0.5) is 11.4 Å².